The Morgan fingerprint density at radius 3 is 2.50 bits per heavy atom. The van der Waals surface area contributed by atoms with Gasteiger partial charge < -0.3 is 10.1 Å². The van der Waals surface area contributed by atoms with Crippen molar-refractivity contribution in [3.8, 4) is 5.75 Å². The summed E-state index contributed by atoms with van der Waals surface area (Å²) < 4.78 is 40.5. The van der Waals surface area contributed by atoms with Crippen LogP contribution in [0.2, 0.25) is 0 Å². The molecule has 5 heteroatoms. The highest BCUT2D eigenvalue weighted by Crippen LogP contribution is 2.26. The van der Waals surface area contributed by atoms with Crippen LogP contribution in [0.15, 0.2) is 24.3 Å². The number of alkyl halides is 3. The van der Waals surface area contributed by atoms with Gasteiger partial charge in [-0.3, -0.25) is 0 Å². The quantitative estimate of drug-likeness (QED) is 0.791. The SMILES string of the molecule is CC(C)NCCCc1ccccc1OC(F)(F)F. The van der Waals surface area contributed by atoms with Crippen LogP contribution in [0.5, 0.6) is 5.75 Å². The maximum atomic E-state index is 12.2. The minimum absolute atomic E-state index is 0.102. The van der Waals surface area contributed by atoms with E-state index < -0.39 is 6.36 Å². The van der Waals surface area contributed by atoms with Gasteiger partial charge in [0.25, 0.3) is 0 Å². The van der Waals surface area contributed by atoms with Crippen LogP contribution in [-0.2, 0) is 6.42 Å². The lowest BCUT2D eigenvalue weighted by Crippen LogP contribution is -2.24. The first-order valence-electron chi connectivity index (χ1n) is 5.95. The van der Waals surface area contributed by atoms with E-state index in [9.17, 15) is 13.2 Å². The van der Waals surface area contributed by atoms with Gasteiger partial charge in [0.1, 0.15) is 5.75 Å². The Labute approximate surface area is 105 Å². The smallest absolute Gasteiger partial charge is 0.406 e. The average molecular weight is 261 g/mol. The average Bonchev–Trinajstić information content (AvgIpc) is 2.24. The van der Waals surface area contributed by atoms with Crippen LogP contribution in [0.3, 0.4) is 0 Å². The summed E-state index contributed by atoms with van der Waals surface area (Å²) >= 11 is 0. The van der Waals surface area contributed by atoms with E-state index in [4.69, 9.17) is 0 Å². The standard InChI is InChI=1S/C13H18F3NO/c1-10(2)17-9-5-7-11-6-3-4-8-12(11)18-13(14,15)16/h3-4,6,8,10,17H,5,7,9H2,1-2H3. The van der Waals surface area contributed by atoms with Gasteiger partial charge in [0.05, 0.1) is 0 Å². The first-order valence-corrected chi connectivity index (χ1v) is 5.95. The third-order valence-corrected chi connectivity index (χ3v) is 2.37. The summed E-state index contributed by atoms with van der Waals surface area (Å²) in [6.45, 7) is 4.83. The monoisotopic (exact) mass is 261 g/mol. The van der Waals surface area contributed by atoms with Crippen molar-refractivity contribution >= 4 is 0 Å². The van der Waals surface area contributed by atoms with Crippen LogP contribution in [0.4, 0.5) is 13.2 Å². The Balaban J connectivity index is 2.54. The summed E-state index contributed by atoms with van der Waals surface area (Å²) in [6.07, 6.45) is -3.30. The highest BCUT2D eigenvalue weighted by atomic mass is 19.4. The third-order valence-electron chi connectivity index (χ3n) is 2.37. The van der Waals surface area contributed by atoms with E-state index in [-0.39, 0.29) is 5.75 Å². The Bertz CT molecular complexity index is 363. The molecule has 18 heavy (non-hydrogen) atoms. The van der Waals surface area contributed by atoms with Crippen molar-refractivity contribution < 1.29 is 17.9 Å². The number of halogens is 3. The number of hydrogen-bond acceptors (Lipinski definition) is 2. The lowest BCUT2D eigenvalue weighted by molar-refractivity contribution is -0.274. The van der Waals surface area contributed by atoms with Gasteiger partial charge in [-0.25, -0.2) is 0 Å². The normalized spacial score (nSPS) is 11.9. The van der Waals surface area contributed by atoms with Gasteiger partial charge in [0.15, 0.2) is 0 Å². The molecule has 0 unspecified atom stereocenters. The van der Waals surface area contributed by atoms with Crippen LogP contribution in [-0.4, -0.2) is 18.9 Å². The number of nitrogens with one attached hydrogen (secondary N) is 1. The molecule has 0 aliphatic heterocycles. The van der Waals surface area contributed by atoms with Crippen molar-refractivity contribution in [2.45, 2.75) is 39.1 Å². The van der Waals surface area contributed by atoms with Crippen LogP contribution in [0.25, 0.3) is 0 Å². The third kappa shape index (κ3) is 5.91. The molecule has 1 aromatic carbocycles. The molecule has 0 radical (unpaired) electrons. The molecule has 0 bridgehead atoms. The molecule has 0 saturated carbocycles. The number of rotatable bonds is 6. The zero-order valence-corrected chi connectivity index (χ0v) is 10.6. The minimum atomic E-state index is -4.63. The van der Waals surface area contributed by atoms with E-state index in [1.807, 2.05) is 13.8 Å². The number of hydrogen-bond donors (Lipinski definition) is 1. The molecule has 1 N–H and O–H groups in total. The molecule has 0 saturated heterocycles. The van der Waals surface area contributed by atoms with E-state index in [2.05, 4.69) is 10.1 Å². The van der Waals surface area contributed by atoms with Crippen molar-refractivity contribution in [2.24, 2.45) is 0 Å². The van der Waals surface area contributed by atoms with Crippen LogP contribution in [0, 0.1) is 0 Å². The molecule has 0 amide bonds. The summed E-state index contributed by atoms with van der Waals surface area (Å²) in [4.78, 5) is 0. The van der Waals surface area contributed by atoms with Gasteiger partial charge in [0, 0.05) is 6.04 Å². The van der Waals surface area contributed by atoms with Crippen molar-refractivity contribution in [3.05, 3.63) is 29.8 Å². The molecule has 0 fully saturated rings. The summed E-state index contributed by atoms with van der Waals surface area (Å²) in [5.41, 5.74) is 0.584. The Morgan fingerprint density at radius 1 is 1.22 bits per heavy atom. The van der Waals surface area contributed by atoms with Crippen LogP contribution >= 0.6 is 0 Å². The predicted molar refractivity (Wildman–Crippen MR) is 64.6 cm³/mol. The van der Waals surface area contributed by atoms with Crippen molar-refractivity contribution in [3.63, 3.8) is 0 Å². The van der Waals surface area contributed by atoms with Gasteiger partial charge in [-0.15, -0.1) is 13.2 Å². The first kappa shape index (κ1) is 14.8. The van der Waals surface area contributed by atoms with Crippen molar-refractivity contribution in [2.75, 3.05) is 6.54 Å². The molecule has 0 aromatic heterocycles. The Morgan fingerprint density at radius 2 is 1.89 bits per heavy atom. The van der Waals surface area contributed by atoms with E-state index in [0.29, 0.717) is 18.0 Å². The summed E-state index contributed by atoms with van der Waals surface area (Å²) in [6, 6.07) is 6.65. The van der Waals surface area contributed by atoms with Crippen LogP contribution < -0.4 is 10.1 Å². The topological polar surface area (TPSA) is 21.3 Å². The zero-order chi connectivity index (χ0) is 13.6. The maximum absolute atomic E-state index is 12.2. The second kappa shape index (κ2) is 6.64. The molecule has 102 valence electrons. The fourth-order valence-electron chi connectivity index (χ4n) is 1.60. The van der Waals surface area contributed by atoms with Gasteiger partial charge in [-0.1, -0.05) is 32.0 Å². The van der Waals surface area contributed by atoms with E-state index >= 15 is 0 Å². The fourth-order valence-corrected chi connectivity index (χ4v) is 1.60. The minimum Gasteiger partial charge on any atom is -0.406 e. The lowest BCUT2D eigenvalue weighted by Gasteiger charge is -2.13. The van der Waals surface area contributed by atoms with Gasteiger partial charge in [-0.05, 0) is 31.0 Å². The van der Waals surface area contributed by atoms with Gasteiger partial charge in [-0.2, -0.15) is 0 Å². The fraction of sp³-hybridized carbons (Fsp3) is 0.538. The summed E-state index contributed by atoms with van der Waals surface area (Å²) in [5.74, 6) is -0.102. The number of benzene rings is 1. The summed E-state index contributed by atoms with van der Waals surface area (Å²) in [7, 11) is 0. The number of aryl methyl sites for hydroxylation is 1. The highest BCUT2D eigenvalue weighted by molar-refractivity contribution is 5.33. The van der Waals surface area contributed by atoms with Gasteiger partial charge >= 0.3 is 6.36 Å². The van der Waals surface area contributed by atoms with Gasteiger partial charge in [0.2, 0.25) is 0 Å². The second-order valence-electron chi connectivity index (χ2n) is 4.37. The Hall–Kier alpha value is -1.23. The molecule has 0 spiro atoms. The highest BCUT2D eigenvalue weighted by Gasteiger charge is 2.31. The molecule has 0 atom stereocenters. The maximum Gasteiger partial charge on any atom is 0.573 e. The Kier molecular flexibility index (Phi) is 5.47. The van der Waals surface area contributed by atoms with Crippen molar-refractivity contribution in [1.82, 2.24) is 5.32 Å². The molecule has 1 rings (SSSR count). The van der Waals surface area contributed by atoms with Crippen LogP contribution in [0.1, 0.15) is 25.8 Å². The number of ether oxygens (including phenoxy) is 1. The van der Waals surface area contributed by atoms with Crippen molar-refractivity contribution in [1.29, 1.82) is 0 Å². The first-order chi connectivity index (χ1) is 8.38. The second-order valence-corrected chi connectivity index (χ2v) is 4.37. The molecule has 2 nitrogen and oxygen atoms in total. The lowest BCUT2D eigenvalue weighted by atomic mass is 10.1. The zero-order valence-electron chi connectivity index (χ0n) is 10.6. The predicted octanol–water partition coefficient (Wildman–Crippen LogP) is 3.52. The molecular weight excluding hydrogens is 243 g/mol. The largest absolute Gasteiger partial charge is 0.573 e. The molecule has 0 aliphatic carbocycles. The summed E-state index contributed by atoms with van der Waals surface area (Å²) in [5, 5.41) is 3.22. The van der Waals surface area contributed by atoms with E-state index in [1.165, 1.54) is 12.1 Å². The van der Waals surface area contributed by atoms with E-state index in [0.717, 1.165) is 13.0 Å². The molecule has 0 heterocycles. The number of para-hydroxylation sites is 1. The van der Waals surface area contributed by atoms with E-state index in [1.54, 1.807) is 12.1 Å². The molecule has 0 aliphatic rings. The molecular formula is C13H18F3NO. The molecule has 1 aromatic rings.